The predicted molar refractivity (Wildman–Crippen MR) is 102 cm³/mol. The molecule has 2 atom stereocenters. The van der Waals surface area contributed by atoms with E-state index in [-0.39, 0.29) is 24.8 Å². The molecule has 0 N–H and O–H groups in total. The number of hydrogen-bond donors (Lipinski definition) is 0. The summed E-state index contributed by atoms with van der Waals surface area (Å²) in [5.41, 5.74) is -0.759. The van der Waals surface area contributed by atoms with Crippen LogP contribution in [0.2, 0.25) is 38.3 Å². The van der Waals surface area contributed by atoms with Crippen LogP contribution in [0.1, 0.15) is 45.4 Å². The van der Waals surface area contributed by atoms with Gasteiger partial charge in [-0.1, -0.05) is 45.5 Å². The van der Waals surface area contributed by atoms with Crippen molar-refractivity contribution in [3.05, 3.63) is 0 Å². The molecular weight excluding hydrogens is 341 g/mol. The van der Waals surface area contributed by atoms with E-state index in [1.165, 1.54) is 12.1 Å². The van der Waals surface area contributed by atoms with Crippen LogP contribution in [0.15, 0.2) is 0 Å². The van der Waals surface area contributed by atoms with Crippen molar-refractivity contribution in [1.82, 2.24) is 4.23 Å². The second-order valence-corrected chi connectivity index (χ2v) is 18.8. The minimum absolute atomic E-state index is 0. The monoisotopic (exact) mass is 377 g/mol. The topological polar surface area (TPSA) is 52.6 Å². The Morgan fingerprint density at radius 3 is 2.32 bits per heavy atom. The van der Waals surface area contributed by atoms with Crippen molar-refractivity contribution in [2.75, 3.05) is 13.2 Å². The fraction of sp³-hybridized carbons (Fsp3) is 0.944. The van der Waals surface area contributed by atoms with Crippen LogP contribution in [-0.4, -0.2) is 45.9 Å². The van der Waals surface area contributed by atoms with Crippen molar-refractivity contribution in [2.45, 2.75) is 89.8 Å². The van der Waals surface area contributed by atoms with Crippen LogP contribution in [-0.2, 0) is 9.53 Å². The molecule has 4 nitrogen and oxygen atoms in total. The zero-order valence-corrected chi connectivity index (χ0v) is 19.3. The molecule has 1 aliphatic heterocycles. The summed E-state index contributed by atoms with van der Waals surface area (Å²) < 4.78 is 8.17. The molecule has 0 bridgehead atoms. The van der Waals surface area contributed by atoms with Crippen LogP contribution in [0.3, 0.4) is 0 Å². The van der Waals surface area contributed by atoms with Crippen LogP contribution >= 0.6 is 0 Å². The Bertz CT molecular complexity index is 446. The van der Waals surface area contributed by atoms with Gasteiger partial charge < -0.3 is 14.1 Å². The maximum absolute atomic E-state index is 12.7. The third kappa shape index (κ3) is 5.03. The molecule has 7 heteroatoms. The SMILES string of the molecule is CCOC(=O)[C@]1(CCCN2[Si](C)(C)CC[Si]2(C)C)CCCC[C@@H]1[O-].[Li+]. The maximum atomic E-state index is 12.7. The first-order valence-corrected chi connectivity index (χ1v) is 16.1. The van der Waals surface area contributed by atoms with Crippen LogP contribution in [0.4, 0.5) is 0 Å². The summed E-state index contributed by atoms with van der Waals surface area (Å²) in [5, 5.41) is 12.7. The second-order valence-electron chi connectivity index (χ2n) is 8.99. The molecule has 2 aliphatic rings. The third-order valence-corrected chi connectivity index (χ3v) is 16.9. The Labute approximate surface area is 168 Å². The Kier molecular flexibility index (Phi) is 8.52. The van der Waals surface area contributed by atoms with Gasteiger partial charge in [0.15, 0.2) is 0 Å². The molecule has 1 heterocycles. The minimum Gasteiger partial charge on any atom is -0.851 e. The van der Waals surface area contributed by atoms with Gasteiger partial charge in [-0.3, -0.25) is 4.79 Å². The Hall–Kier alpha value is 0.421. The molecule has 1 saturated heterocycles. The van der Waals surface area contributed by atoms with Gasteiger partial charge in [0.2, 0.25) is 0 Å². The molecule has 1 saturated carbocycles. The predicted octanol–water partition coefficient (Wildman–Crippen LogP) is 0.349. The number of esters is 1. The van der Waals surface area contributed by atoms with E-state index in [0.717, 1.165) is 32.2 Å². The van der Waals surface area contributed by atoms with E-state index in [1.54, 1.807) is 0 Å². The molecule has 25 heavy (non-hydrogen) atoms. The average molecular weight is 378 g/mol. The largest absolute Gasteiger partial charge is 1.00 e. The van der Waals surface area contributed by atoms with Gasteiger partial charge in [0.1, 0.15) is 16.5 Å². The summed E-state index contributed by atoms with van der Waals surface area (Å²) in [6.07, 6.45) is 4.20. The van der Waals surface area contributed by atoms with E-state index >= 15 is 0 Å². The van der Waals surface area contributed by atoms with Crippen LogP contribution in [0.5, 0.6) is 0 Å². The van der Waals surface area contributed by atoms with Gasteiger partial charge in [-0.05, 0) is 44.8 Å². The summed E-state index contributed by atoms with van der Waals surface area (Å²) in [4.78, 5) is 12.6. The Morgan fingerprint density at radius 2 is 1.80 bits per heavy atom. The van der Waals surface area contributed by atoms with Crippen molar-refractivity contribution < 1.29 is 33.5 Å². The van der Waals surface area contributed by atoms with Crippen molar-refractivity contribution in [1.29, 1.82) is 0 Å². The first kappa shape index (κ1) is 23.5. The molecular formula is C18H36LiNO3Si2. The van der Waals surface area contributed by atoms with E-state index in [1.807, 2.05) is 6.92 Å². The van der Waals surface area contributed by atoms with Gasteiger partial charge in [0, 0.05) is 0 Å². The Morgan fingerprint density at radius 1 is 1.20 bits per heavy atom. The Balaban J connectivity index is 0.00000312. The van der Waals surface area contributed by atoms with Gasteiger partial charge >= 0.3 is 24.8 Å². The second kappa shape index (κ2) is 9.07. The standard InChI is InChI=1S/C18H36NO3Si2.Li/c1-6-22-17(21)18(11-8-7-10-16(18)20)12-9-13-19-23(2,3)14-15-24(19,4)5;/h16H,6-15H2,1-5H3;/q-1;+1/t16-,18-;/m0./s1. The van der Waals surface area contributed by atoms with E-state index in [0.29, 0.717) is 19.4 Å². The van der Waals surface area contributed by atoms with Crippen molar-refractivity contribution in [3.8, 4) is 0 Å². The molecule has 140 valence electrons. The molecule has 2 rings (SSSR count). The number of hydrogen-bond acceptors (Lipinski definition) is 4. The first-order valence-electron chi connectivity index (χ1n) is 9.76. The van der Waals surface area contributed by atoms with Gasteiger partial charge in [-0.15, -0.1) is 6.10 Å². The summed E-state index contributed by atoms with van der Waals surface area (Å²) >= 11 is 0. The number of rotatable bonds is 6. The summed E-state index contributed by atoms with van der Waals surface area (Å²) in [6.45, 7) is 13.2. The molecule has 0 aromatic heterocycles. The fourth-order valence-corrected chi connectivity index (χ4v) is 19.1. The fourth-order valence-electron chi connectivity index (χ4n) is 4.96. The molecule has 0 unspecified atom stereocenters. The van der Waals surface area contributed by atoms with Crippen molar-refractivity contribution in [2.24, 2.45) is 5.41 Å². The quantitative estimate of drug-likeness (QED) is 0.495. The van der Waals surface area contributed by atoms with E-state index in [2.05, 4.69) is 30.4 Å². The zero-order chi connectivity index (χ0) is 18.0. The van der Waals surface area contributed by atoms with E-state index < -0.39 is 28.0 Å². The number of ether oxygens (including phenoxy) is 1. The molecule has 0 aromatic rings. The number of carbonyl (C=O) groups is 1. The van der Waals surface area contributed by atoms with Crippen LogP contribution < -0.4 is 24.0 Å². The molecule has 2 fully saturated rings. The molecule has 0 amide bonds. The average Bonchev–Trinajstić information content (AvgIpc) is 2.71. The van der Waals surface area contributed by atoms with Gasteiger partial charge in [-0.25, -0.2) is 0 Å². The van der Waals surface area contributed by atoms with E-state index in [9.17, 15) is 9.90 Å². The molecule has 0 aromatic carbocycles. The third-order valence-electron chi connectivity index (χ3n) is 6.45. The normalized spacial score (nSPS) is 31.4. The zero-order valence-electron chi connectivity index (χ0n) is 17.3. The smallest absolute Gasteiger partial charge is 0.851 e. The number of nitrogens with zero attached hydrogens (tertiary/aromatic N) is 1. The molecule has 0 spiro atoms. The first-order chi connectivity index (χ1) is 11.2. The summed E-state index contributed by atoms with van der Waals surface area (Å²) in [5.74, 6) is -0.223. The van der Waals surface area contributed by atoms with Gasteiger partial charge in [0.05, 0.1) is 12.0 Å². The van der Waals surface area contributed by atoms with Crippen LogP contribution in [0, 0.1) is 5.41 Å². The van der Waals surface area contributed by atoms with Gasteiger partial charge in [0.25, 0.3) is 0 Å². The number of carbonyl (C=O) groups excluding carboxylic acids is 1. The minimum atomic E-state index is -1.27. The van der Waals surface area contributed by atoms with Crippen molar-refractivity contribution >= 4 is 22.4 Å². The van der Waals surface area contributed by atoms with Crippen LogP contribution in [0.25, 0.3) is 0 Å². The maximum Gasteiger partial charge on any atom is 1.00 e. The van der Waals surface area contributed by atoms with Gasteiger partial charge in [-0.2, -0.15) is 0 Å². The van der Waals surface area contributed by atoms with Crippen molar-refractivity contribution in [3.63, 3.8) is 0 Å². The van der Waals surface area contributed by atoms with E-state index in [4.69, 9.17) is 4.74 Å². The summed E-state index contributed by atoms with van der Waals surface area (Å²) in [7, 11) is -2.55. The molecule has 1 aliphatic carbocycles. The summed E-state index contributed by atoms with van der Waals surface area (Å²) in [6, 6.07) is 2.80. The molecule has 0 radical (unpaired) electrons.